The summed E-state index contributed by atoms with van der Waals surface area (Å²) in [6, 6.07) is 14.5. The molecular formula is C22H24BrN3O2S. The lowest BCUT2D eigenvalue weighted by molar-refractivity contribution is -0.130. The second-order valence-corrected chi connectivity index (χ2v) is 8.97. The number of benzene rings is 2. The minimum atomic E-state index is 0.176. The van der Waals surface area contributed by atoms with Crippen molar-refractivity contribution < 1.29 is 9.53 Å². The van der Waals surface area contributed by atoms with Crippen molar-refractivity contribution in [2.24, 2.45) is 0 Å². The van der Waals surface area contributed by atoms with Gasteiger partial charge in [0.1, 0.15) is 5.75 Å². The van der Waals surface area contributed by atoms with Gasteiger partial charge in [0, 0.05) is 55.1 Å². The number of rotatable bonds is 6. The maximum Gasteiger partial charge on any atom is 0.219 e. The number of hydrogen-bond acceptors (Lipinski definition) is 5. The largest absolute Gasteiger partial charge is 0.493 e. The van der Waals surface area contributed by atoms with Crippen LogP contribution in [-0.2, 0) is 4.79 Å². The van der Waals surface area contributed by atoms with Gasteiger partial charge in [-0.25, -0.2) is 0 Å². The van der Waals surface area contributed by atoms with E-state index >= 15 is 0 Å². The molecule has 1 amide bonds. The first-order valence-electron chi connectivity index (χ1n) is 9.86. The molecule has 0 aliphatic carbocycles. The molecule has 5 nitrogen and oxygen atoms in total. The van der Waals surface area contributed by atoms with Crippen LogP contribution >= 0.6 is 27.5 Å². The predicted octanol–water partition coefficient (Wildman–Crippen LogP) is 4.66. The molecule has 29 heavy (non-hydrogen) atoms. The zero-order valence-corrected chi connectivity index (χ0v) is 18.8. The fraction of sp³-hybridized carbons (Fsp3) is 0.364. The summed E-state index contributed by atoms with van der Waals surface area (Å²) in [4.78, 5) is 15.7. The molecule has 0 saturated carbocycles. The second kappa shape index (κ2) is 9.24. The summed E-state index contributed by atoms with van der Waals surface area (Å²) in [6.07, 6.45) is 0.977. The van der Waals surface area contributed by atoms with E-state index in [1.165, 1.54) is 11.5 Å². The van der Waals surface area contributed by atoms with Gasteiger partial charge < -0.3 is 9.64 Å². The number of ether oxygens (including phenoxy) is 1. The number of aromatic nitrogens is 1. The van der Waals surface area contributed by atoms with Crippen LogP contribution in [0, 0.1) is 0 Å². The summed E-state index contributed by atoms with van der Waals surface area (Å²) in [7, 11) is 0. The molecule has 7 heteroatoms. The molecule has 3 aromatic rings. The Labute approximate surface area is 183 Å². The quantitative estimate of drug-likeness (QED) is 0.488. The Balaban J connectivity index is 1.29. The van der Waals surface area contributed by atoms with E-state index in [-0.39, 0.29) is 5.91 Å². The average molecular weight is 474 g/mol. The normalized spacial score (nSPS) is 15.0. The Morgan fingerprint density at radius 2 is 1.90 bits per heavy atom. The van der Waals surface area contributed by atoms with E-state index in [9.17, 15) is 4.79 Å². The molecule has 2 heterocycles. The first-order chi connectivity index (χ1) is 14.1. The van der Waals surface area contributed by atoms with Crippen LogP contribution in [0.2, 0.25) is 0 Å². The van der Waals surface area contributed by atoms with Crippen molar-refractivity contribution >= 4 is 43.5 Å². The van der Waals surface area contributed by atoms with Crippen molar-refractivity contribution in [1.82, 2.24) is 14.2 Å². The van der Waals surface area contributed by atoms with Gasteiger partial charge in [0.25, 0.3) is 0 Å². The van der Waals surface area contributed by atoms with Gasteiger partial charge in [0.2, 0.25) is 5.91 Å². The molecule has 1 fully saturated rings. The predicted molar refractivity (Wildman–Crippen MR) is 122 cm³/mol. The van der Waals surface area contributed by atoms with Gasteiger partial charge in [0.15, 0.2) is 0 Å². The molecule has 0 unspecified atom stereocenters. The Bertz CT molecular complexity index is 981. The van der Waals surface area contributed by atoms with E-state index in [0.29, 0.717) is 6.61 Å². The van der Waals surface area contributed by atoms with Gasteiger partial charge in [-0.1, -0.05) is 28.1 Å². The number of nitrogens with zero attached hydrogens (tertiary/aromatic N) is 3. The summed E-state index contributed by atoms with van der Waals surface area (Å²) in [6.45, 7) is 6.90. The van der Waals surface area contributed by atoms with Crippen LogP contribution in [0.25, 0.3) is 21.3 Å². The van der Waals surface area contributed by atoms with E-state index in [4.69, 9.17) is 4.74 Å². The van der Waals surface area contributed by atoms with E-state index in [2.05, 4.69) is 49.5 Å². The first-order valence-corrected chi connectivity index (χ1v) is 11.4. The van der Waals surface area contributed by atoms with Crippen molar-refractivity contribution in [2.75, 3.05) is 39.3 Å². The summed E-state index contributed by atoms with van der Waals surface area (Å²) >= 11 is 4.99. The standard InChI is InChI=1S/C22H24BrN3O2S/c1-16(27)26-12-10-25(11-13-26)9-2-14-28-19-7-8-20-21(15-19)29-24-22(20)17-3-5-18(23)6-4-17/h3-8,15H,2,9-14H2,1H3. The second-order valence-electron chi connectivity index (χ2n) is 7.25. The van der Waals surface area contributed by atoms with Crippen LogP contribution in [0.4, 0.5) is 0 Å². The number of fused-ring (bicyclic) bond motifs is 1. The highest BCUT2D eigenvalue weighted by Crippen LogP contribution is 2.33. The van der Waals surface area contributed by atoms with Crippen molar-refractivity contribution in [1.29, 1.82) is 0 Å². The monoisotopic (exact) mass is 473 g/mol. The molecule has 152 valence electrons. The highest BCUT2D eigenvalue weighted by molar-refractivity contribution is 9.10. The van der Waals surface area contributed by atoms with E-state index < -0.39 is 0 Å². The van der Waals surface area contributed by atoms with Gasteiger partial charge in [-0.3, -0.25) is 9.69 Å². The van der Waals surface area contributed by atoms with Gasteiger partial charge in [-0.2, -0.15) is 4.37 Å². The summed E-state index contributed by atoms with van der Waals surface area (Å²) < 4.78 is 12.8. The Kier molecular flexibility index (Phi) is 6.47. The molecular weight excluding hydrogens is 450 g/mol. The third kappa shape index (κ3) is 4.97. The lowest BCUT2D eigenvalue weighted by Gasteiger charge is -2.34. The highest BCUT2D eigenvalue weighted by atomic mass is 79.9. The Morgan fingerprint density at radius 1 is 1.14 bits per heavy atom. The van der Waals surface area contributed by atoms with Crippen molar-refractivity contribution in [3.63, 3.8) is 0 Å². The van der Waals surface area contributed by atoms with Crippen molar-refractivity contribution in [3.05, 3.63) is 46.9 Å². The van der Waals surface area contributed by atoms with Gasteiger partial charge in [-0.05, 0) is 48.3 Å². The molecule has 0 radical (unpaired) electrons. The number of hydrogen-bond donors (Lipinski definition) is 0. The maximum atomic E-state index is 11.4. The SMILES string of the molecule is CC(=O)N1CCN(CCCOc2ccc3c(-c4ccc(Br)cc4)nsc3c2)CC1. The molecule has 2 aromatic carbocycles. The van der Waals surface area contributed by atoms with E-state index in [1.807, 2.05) is 23.1 Å². The molecule has 0 atom stereocenters. The van der Waals surface area contributed by atoms with E-state index in [1.54, 1.807) is 6.92 Å². The minimum Gasteiger partial charge on any atom is -0.493 e. The fourth-order valence-corrected chi connectivity index (χ4v) is 4.68. The van der Waals surface area contributed by atoms with Gasteiger partial charge in [0.05, 0.1) is 17.0 Å². The minimum absolute atomic E-state index is 0.176. The fourth-order valence-electron chi connectivity index (χ4n) is 3.59. The molecule has 0 spiro atoms. The van der Waals surface area contributed by atoms with Crippen LogP contribution in [0.3, 0.4) is 0 Å². The number of halogens is 1. The lowest BCUT2D eigenvalue weighted by Crippen LogP contribution is -2.48. The van der Waals surface area contributed by atoms with Gasteiger partial charge >= 0.3 is 0 Å². The Hall–Kier alpha value is -1.96. The van der Waals surface area contributed by atoms with Gasteiger partial charge in [-0.15, -0.1) is 0 Å². The third-order valence-electron chi connectivity index (χ3n) is 5.27. The van der Waals surface area contributed by atoms with Crippen LogP contribution in [-0.4, -0.2) is 59.4 Å². The molecule has 1 aliphatic heterocycles. The molecule has 1 aliphatic rings. The number of carbonyl (C=O) groups is 1. The third-order valence-corrected chi connectivity index (χ3v) is 6.60. The first kappa shape index (κ1) is 20.3. The molecule has 4 rings (SSSR count). The number of amides is 1. The van der Waals surface area contributed by atoms with Crippen molar-refractivity contribution in [3.8, 4) is 17.0 Å². The van der Waals surface area contributed by atoms with Crippen LogP contribution < -0.4 is 4.74 Å². The zero-order chi connectivity index (χ0) is 20.2. The van der Waals surface area contributed by atoms with Crippen molar-refractivity contribution in [2.45, 2.75) is 13.3 Å². The maximum absolute atomic E-state index is 11.4. The summed E-state index contributed by atoms with van der Waals surface area (Å²) in [5.41, 5.74) is 2.15. The molecule has 1 saturated heterocycles. The lowest BCUT2D eigenvalue weighted by atomic mass is 10.1. The number of carbonyl (C=O) groups excluding carboxylic acids is 1. The molecule has 0 bridgehead atoms. The van der Waals surface area contributed by atoms with Crippen LogP contribution in [0.15, 0.2) is 46.9 Å². The van der Waals surface area contributed by atoms with Crippen LogP contribution in [0.5, 0.6) is 5.75 Å². The molecule has 1 aromatic heterocycles. The molecule has 0 N–H and O–H groups in total. The topological polar surface area (TPSA) is 45.7 Å². The average Bonchev–Trinajstić information content (AvgIpc) is 3.15. The summed E-state index contributed by atoms with van der Waals surface area (Å²) in [5.74, 6) is 1.07. The number of piperazine rings is 1. The summed E-state index contributed by atoms with van der Waals surface area (Å²) in [5, 5.41) is 1.16. The zero-order valence-electron chi connectivity index (χ0n) is 16.4. The smallest absolute Gasteiger partial charge is 0.219 e. The Morgan fingerprint density at radius 3 is 2.62 bits per heavy atom. The highest BCUT2D eigenvalue weighted by Gasteiger charge is 2.18. The van der Waals surface area contributed by atoms with E-state index in [0.717, 1.165) is 70.7 Å². The van der Waals surface area contributed by atoms with Crippen LogP contribution in [0.1, 0.15) is 13.3 Å².